The second kappa shape index (κ2) is 6.48. The predicted molar refractivity (Wildman–Crippen MR) is 102 cm³/mol. The van der Waals surface area contributed by atoms with E-state index in [0.29, 0.717) is 5.56 Å². The summed E-state index contributed by atoms with van der Waals surface area (Å²) in [6.07, 6.45) is 3.32. The molecule has 124 valence electrons. The maximum absolute atomic E-state index is 10.9. The second-order valence-electron chi connectivity index (χ2n) is 6.95. The fourth-order valence-corrected chi connectivity index (χ4v) is 4.59. The zero-order valence-corrected chi connectivity index (χ0v) is 15.1. The van der Waals surface area contributed by atoms with E-state index in [9.17, 15) is 4.79 Å². The Morgan fingerprint density at radius 1 is 1.12 bits per heavy atom. The molecule has 0 aliphatic carbocycles. The van der Waals surface area contributed by atoms with Crippen molar-refractivity contribution in [1.29, 1.82) is 0 Å². The van der Waals surface area contributed by atoms with Gasteiger partial charge in [-0.2, -0.15) is 0 Å². The van der Waals surface area contributed by atoms with Crippen LogP contribution in [-0.2, 0) is 5.41 Å². The van der Waals surface area contributed by atoms with Crippen molar-refractivity contribution in [3.63, 3.8) is 0 Å². The molecule has 2 nitrogen and oxygen atoms in total. The van der Waals surface area contributed by atoms with E-state index in [1.54, 1.807) is 12.1 Å². The lowest BCUT2D eigenvalue weighted by molar-refractivity contribution is 0.0697. The van der Waals surface area contributed by atoms with Crippen molar-refractivity contribution < 1.29 is 9.90 Å². The summed E-state index contributed by atoms with van der Waals surface area (Å²) in [5.41, 5.74) is 5.44. The highest BCUT2D eigenvalue weighted by Crippen LogP contribution is 2.42. The minimum Gasteiger partial charge on any atom is -0.478 e. The van der Waals surface area contributed by atoms with Gasteiger partial charge in [0.15, 0.2) is 0 Å². The number of fused-ring (bicyclic) bond motifs is 1. The summed E-state index contributed by atoms with van der Waals surface area (Å²) >= 11 is 1.94. The first kappa shape index (κ1) is 16.8. The van der Waals surface area contributed by atoms with Crippen LogP contribution in [0.5, 0.6) is 0 Å². The quantitative estimate of drug-likeness (QED) is 0.727. The van der Waals surface area contributed by atoms with Crippen molar-refractivity contribution in [1.82, 2.24) is 0 Å². The molecule has 0 aromatic heterocycles. The first-order valence-electron chi connectivity index (χ1n) is 8.16. The van der Waals surface area contributed by atoms with Crippen LogP contribution in [0.1, 0.15) is 54.2 Å². The molecule has 0 bridgehead atoms. The minimum atomic E-state index is -0.892. The fourth-order valence-electron chi connectivity index (χ4n) is 3.05. The molecule has 0 spiro atoms. The largest absolute Gasteiger partial charge is 0.478 e. The van der Waals surface area contributed by atoms with Gasteiger partial charge in [-0.25, -0.2) is 4.79 Å². The molecule has 1 N–H and O–H groups in total. The Labute approximate surface area is 147 Å². The van der Waals surface area contributed by atoms with Gasteiger partial charge >= 0.3 is 5.97 Å². The Morgan fingerprint density at radius 2 is 1.79 bits per heavy atom. The third-order valence-corrected chi connectivity index (χ3v) is 5.75. The van der Waals surface area contributed by atoms with E-state index < -0.39 is 5.97 Å². The Morgan fingerprint density at radius 3 is 2.46 bits per heavy atom. The van der Waals surface area contributed by atoms with Crippen molar-refractivity contribution in [3.05, 3.63) is 64.7 Å². The summed E-state index contributed by atoms with van der Waals surface area (Å²) in [6, 6.07) is 13.7. The molecule has 0 fully saturated rings. The van der Waals surface area contributed by atoms with Gasteiger partial charge in [0.2, 0.25) is 0 Å². The Hall–Kier alpha value is -2.00. The van der Waals surface area contributed by atoms with Gasteiger partial charge in [-0.05, 0) is 65.0 Å². The van der Waals surface area contributed by atoms with Gasteiger partial charge in [-0.15, -0.1) is 11.8 Å². The van der Waals surface area contributed by atoms with E-state index in [1.165, 1.54) is 33.8 Å². The molecule has 0 saturated carbocycles. The lowest BCUT2D eigenvalue weighted by Gasteiger charge is -2.32. The highest BCUT2D eigenvalue weighted by Gasteiger charge is 2.27. The van der Waals surface area contributed by atoms with Crippen LogP contribution in [-0.4, -0.2) is 16.8 Å². The van der Waals surface area contributed by atoms with Crippen molar-refractivity contribution in [2.24, 2.45) is 0 Å². The van der Waals surface area contributed by atoms with Crippen LogP contribution in [0, 0.1) is 0 Å². The molecule has 0 amide bonds. The van der Waals surface area contributed by atoms with Gasteiger partial charge in [-0.1, -0.05) is 44.2 Å². The zero-order valence-electron chi connectivity index (χ0n) is 14.3. The van der Waals surface area contributed by atoms with E-state index in [0.717, 1.165) is 5.56 Å². The molecule has 2 aromatic carbocycles. The van der Waals surface area contributed by atoms with Crippen molar-refractivity contribution in [2.45, 2.75) is 37.5 Å². The molecular weight excluding hydrogens is 316 g/mol. The summed E-state index contributed by atoms with van der Waals surface area (Å²) in [5.74, 6) is 0.277. The smallest absolute Gasteiger partial charge is 0.335 e. The van der Waals surface area contributed by atoms with Gasteiger partial charge < -0.3 is 5.11 Å². The number of thioether (sulfide) groups is 1. The van der Waals surface area contributed by atoms with Crippen LogP contribution in [0.15, 0.2) is 47.4 Å². The Balaban J connectivity index is 1.90. The average Bonchev–Trinajstić information content (AvgIpc) is 2.54. The first-order valence-corrected chi connectivity index (χ1v) is 9.15. The van der Waals surface area contributed by atoms with E-state index >= 15 is 0 Å². The SMILES string of the molecule is C/C(=C\c1ccc(C(=O)O)cc1)c1ccc2c(c1)SCCC2(C)C. The summed E-state index contributed by atoms with van der Waals surface area (Å²) < 4.78 is 0. The summed E-state index contributed by atoms with van der Waals surface area (Å²) in [5, 5.41) is 8.97. The molecule has 1 heterocycles. The molecule has 1 aliphatic rings. The van der Waals surface area contributed by atoms with E-state index in [-0.39, 0.29) is 5.41 Å². The third-order valence-electron chi connectivity index (χ3n) is 4.69. The normalized spacial score (nSPS) is 16.5. The summed E-state index contributed by atoms with van der Waals surface area (Å²) in [4.78, 5) is 12.3. The van der Waals surface area contributed by atoms with Gasteiger partial charge in [-0.3, -0.25) is 0 Å². The highest BCUT2D eigenvalue weighted by atomic mass is 32.2. The van der Waals surface area contributed by atoms with Crippen LogP contribution in [0.2, 0.25) is 0 Å². The number of carbonyl (C=O) groups is 1. The molecular formula is C21H22O2S. The van der Waals surface area contributed by atoms with Gasteiger partial charge in [0.05, 0.1) is 5.56 Å². The van der Waals surface area contributed by atoms with Crippen molar-refractivity contribution in [2.75, 3.05) is 5.75 Å². The lowest BCUT2D eigenvalue weighted by Crippen LogP contribution is -2.22. The van der Waals surface area contributed by atoms with Crippen molar-refractivity contribution in [3.8, 4) is 0 Å². The van der Waals surface area contributed by atoms with Crippen LogP contribution < -0.4 is 0 Å². The van der Waals surface area contributed by atoms with Gasteiger partial charge in [0.1, 0.15) is 0 Å². The van der Waals surface area contributed by atoms with E-state index in [2.05, 4.69) is 45.0 Å². The first-order chi connectivity index (χ1) is 11.4. The number of carboxylic acid groups (broad SMARTS) is 1. The number of hydrogen-bond acceptors (Lipinski definition) is 2. The number of hydrogen-bond donors (Lipinski definition) is 1. The van der Waals surface area contributed by atoms with Gasteiger partial charge in [0, 0.05) is 4.90 Å². The monoisotopic (exact) mass is 338 g/mol. The van der Waals surface area contributed by atoms with Gasteiger partial charge in [0.25, 0.3) is 0 Å². The maximum Gasteiger partial charge on any atom is 0.335 e. The number of allylic oxidation sites excluding steroid dienone is 1. The van der Waals surface area contributed by atoms with Crippen molar-refractivity contribution >= 4 is 29.4 Å². The zero-order chi connectivity index (χ0) is 17.3. The molecule has 0 atom stereocenters. The molecule has 0 unspecified atom stereocenters. The number of aromatic carboxylic acids is 1. The Kier molecular flexibility index (Phi) is 4.55. The maximum atomic E-state index is 10.9. The highest BCUT2D eigenvalue weighted by molar-refractivity contribution is 7.99. The minimum absolute atomic E-state index is 0.253. The summed E-state index contributed by atoms with van der Waals surface area (Å²) in [7, 11) is 0. The average molecular weight is 338 g/mol. The predicted octanol–water partition coefficient (Wildman–Crippen LogP) is 5.72. The molecule has 3 heteroatoms. The Bertz CT molecular complexity index is 801. The van der Waals surface area contributed by atoms with Crippen LogP contribution in [0.25, 0.3) is 11.6 Å². The standard InChI is InChI=1S/C21H22O2S/c1-14(12-15-4-6-16(7-5-15)20(22)23)17-8-9-18-19(13-17)24-11-10-21(18,2)3/h4-9,12-13H,10-11H2,1-3H3,(H,22,23)/b14-12+. The van der Waals surface area contributed by atoms with Crippen LogP contribution in [0.4, 0.5) is 0 Å². The molecule has 0 saturated heterocycles. The lowest BCUT2D eigenvalue weighted by atomic mass is 9.81. The van der Waals surface area contributed by atoms with Crippen LogP contribution in [0.3, 0.4) is 0 Å². The topological polar surface area (TPSA) is 37.3 Å². The number of benzene rings is 2. The molecule has 3 rings (SSSR count). The molecule has 24 heavy (non-hydrogen) atoms. The number of rotatable bonds is 3. The third kappa shape index (κ3) is 3.41. The molecule has 0 radical (unpaired) electrons. The number of carboxylic acids is 1. The van der Waals surface area contributed by atoms with Crippen LogP contribution >= 0.6 is 11.8 Å². The van der Waals surface area contributed by atoms with E-state index in [1.807, 2.05) is 23.9 Å². The molecule has 2 aromatic rings. The fraction of sp³-hybridized carbons (Fsp3) is 0.286. The summed E-state index contributed by atoms with van der Waals surface area (Å²) in [6.45, 7) is 6.74. The second-order valence-corrected chi connectivity index (χ2v) is 8.08. The molecule has 1 aliphatic heterocycles. The van der Waals surface area contributed by atoms with E-state index in [4.69, 9.17) is 5.11 Å².